The molecule has 4 aromatic rings. The Morgan fingerprint density at radius 2 is 1.96 bits per heavy atom. The van der Waals surface area contributed by atoms with Crippen molar-refractivity contribution in [2.75, 3.05) is 7.11 Å². The molecule has 2 aromatic carbocycles. The van der Waals surface area contributed by atoms with Crippen LogP contribution in [0.3, 0.4) is 0 Å². The normalized spacial score (nSPS) is 11.2. The lowest BCUT2D eigenvalue weighted by atomic mass is 10.1. The second kappa shape index (κ2) is 5.02. The largest absolute Gasteiger partial charge is 0.497 e. The van der Waals surface area contributed by atoms with E-state index < -0.39 is 0 Å². The van der Waals surface area contributed by atoms with Crippen LogP contribution < -0.4 is 4.74 Å². The fraction of sp³-hybridized carbons (Fsp3) is 0.105. The highest BCUT2D eigenvalue weighted by Gasteiger charge is 2.18. The van der Waals surface area contributed by atoms with E-state index in [-0.39, 0.29) is 5.95 Å². The van der Waals surface area contributed by atoms with E-state index in [9.17, 15) is 5.11 Å². The van der Waals surface area contributed by atoms with Gasteiger partial charge in [0.15, 0.2) is 0 Å². The highest BCUT2D eigenvalue weighted by Crippen LogP contribution is 2.40. The van der Waals surface area contributed by atoms with E-state index in [0.717, 1.165) is 21.9 Å². The Morgan fingerprint density at radius 1 is 1.09 bits per heavy atom. The number of hydrogen-bond acceptors (Lipinski definition) is 4. The van der Waals surface area contributed by atoms with Crippen LogP contribution in [0.1, 0.15) is 5.56 Å². The number of methoxy groups -OCH3 is 1. The van der Waals surface area contributed by atoms with Gasteiger partial charge in [-0.25, -0.2) is 4.98 Å². The number of aryl methyl sites for hydroxylation is 1. The minimum Gasteiger partial charge on any atom is -0.497 e. The Labute approximate surface area is 133 Å². The molecule has 2 heterocycles. The van der Waals surface area contributed by atoms with Crippen LogP contribution in [0, 0.1) is 6.92 Å². The van der Waals surface area contributed by atoms with Crippen LogP contribution in [0.25, 0.3) is 33.1 Å². The Hall–Kier alpha value is -3.01. The predicted molar refractivity (Wildman–Crippen MR) is 89.9 cm³/mol. The van der Waals surface area contributed by atoms with E-state index in [1.807, 2.05) is 43.3 Å². The molecule has 0 aliphatic carbocycles. The Balaban J connectivity index is 2.01. The quantitative estimate of drug-likeness (QED) is 0.584. The van der Waals surface area contributed by atoms with Gasteiger partial charge in [0.05, 0.1) is 23.9 Å². The van der Waals surface area contributed by atoms with E-state index in [0.29, 0.717) is 22.6 Å². The summed E-state index contributed by atoms with van der Waals surface area (Å²) >= 11 is 0. The molecule has 4 nitrogen and oxygen atoms in total. The first kappa shape index (κ1) is 13.6. The van der Waals surface area contributed by atoms with Crippen molar-refractivity contribution >= 4 is 21.9 Å². The number of rotatable bonds is 2. The SMILES string of the molecule is COc1ccc2oc(O)c(-c3ccc4cccc(C)c4n3)c2c1. The zero-order valence-corrected chi connectivity index (χ0v) is 12.8. The maximum Gasteiger partial charge on any atom is 0.292 e. The number of benzene rings is 2. The van der Waals surface area contributed by atoms with Gasteiger partial charge >= 0.3 is 0 Å². The van der Waals surface area contributed by atoms with Crippen molar-refractivity contribution in [2.24, 2.45) is 0 Å². The molecule has 4 rings (SSSR count). The van der Waals surface area contributed by atoms with Crippen LogP contribution in [0.15, 0.2) is 52.9 Å². The predicted octanol–water partition coefficient (Wildman–Crippen LogP) is 4.67. The van der Waals surface area contributed by atoms with Crippen LogP contribution in [0.2, 0.25) is 0 Å². The number of aromatic hydroxyl groups is 1. The van der Waals surface area contributed by atoms with Crippen LogP contribution >= 0.6 is 0 Å². The second-order valence-electron chi connectivity index (χ2n) is 5.49. The van der Waals surface area contributed by atoms with Gasteiger partial charge in [0, 0.05) is 10.8 Å². The van der Waals surface area contributed by atoms with E-state index in [1.165, 1.54) is 0 Å². The summed E-state index contributed by atoms with van der Waals surface area (Å²) in [5.41, 5.74) is 3.88. The first-order chi connectivity index (χ1) is 11.2. The topological polar surface area (TPSA) is 55.5 Å². The number of nitrogens with zero attached hydrogens (tertiary/aromatic N) is 1. The summed E-state index contributed by atoms with van der Waals surface area (Å²) in [5, 5.41) is 12.1. The van der Waals surface area contributed by atoms with Gasteiger partial charge in [-0.3, -0.25) is 0 Å². The molecule has 0 radical (unpaired) electrons. The van der Waals surface area contributed by atoms with Crippen LogP contribution in [0.5, 0.6) is 11.7 Å². The van der Waals surface area contributed by atoms with Gasteiger partial charge in [0.2, 0.25) is 0 Å². The summed E-state index contributed by atoms with van der Waals surface area (Å²) in [4.78, 5) is 4.72. The van der Waals surface area contributed by atoms with E-state index in [4.69, 9.17) is 14.1 Å². The third kappa shape index (κ3) is 2.11. The molecule has 0 fully saturated rings. The first-order valence-corrected chi connectivity index (χ1v) is 7.33. The molecule has 0 unspecified atom stereocenters. The third-order valence-corrected chi connectivity index (χ3v) is 4.05. The fourth-order valence-electron chi connectivity index (χ4n) is 2.87. The molecule has 4 heteroatoms. The standard InChI is InChI=1S/C19H15NO3/c1-11-4-3-5-12-6-8-15(20-18(11)12)17-14-10-13(22-2)7-9-16(14)23-19(17)21/h3-10,21H,1-2H3. The number of furan rings is 1. The summed E-state index contributed by atoms with van der Waals surface area (Å²) in [6.07, 6.45) is 0. The van der Waals surface area contributed by atoms with Gasteiger partial charge in [-0.15, -0.1) is 0 Å². The van der Waals surface area contributed by atoms with Crippen molar-refractivity contribution in [3.63, 3.8) is 0 Å². The second-order valence-corrected chi connectivity index (χ2v) is 5.49. The zero-order chi connectivity index (χ0) is 16.0. The molecule has 2 aromatic heterocycles. The van der Waals surface area contributed by atoms with Crippen molar-refractivity contribution in [2.45, 2.75) is 6.92 Å². The minimum absolute atomic E-state index is 0.131. The molecule has 0 aliphatic heterocycles. The van der Waals surface area contributed by atoms with Crippen molar-refractivity contribution in [1.29, 1.82) is 0 Å². The fourth-order valence-corrected chi connectivity index (χ4v) is 2.87. The molecule has 0 saturated heterocycles. The number of pyridine rings is 1. The molecule has 114 valence electrons. The van der Waals surface area contributed by atoms with Crippen LogP contribution in [0.4, 0.5) is 0 Å². The lowest BCUT2D eigenvalue weighted by molar-refractivity contribution is 0.348. The molecule has 0 bridgehead atoms. The number of fused-ring (bicyclic) bond motifs is 2. The molecular weight excluding hydrogens is 290 g/mol. The monoisotopic (exact) mass is 305 g/mol. The van der Waals surface area contributed by atoms with Gasteiger partial charge in [-0.05, 0) is 36.8 Å². The summed E-state index contributed by atoms with van der Waals surface area (Å²) in [5.74, 6) is 0.574. The molecule has 0 spiro atoms. The number of ether oxygens (including phenoxy) is 1. The molecular formula is C19H15NO3. The lowest BCUT2D eigenvalue weighted by Crippen LogP contribution is -1.88. The van der Waals surface area contributed by atoms with Crippen molar-refractivity contribution in [3.05, 3.63) is 54.1 Å². The number of hydrogen-bond donors (Lipinski definition) is 1. The van der Waals surface area contributed by atoms with Gasteiger partial charge < -0.3 is 14.3 Å². The number of aromatic nitrogens is 1. The highest BCUT2D eigenvalue weighted by molar-refractivity contribution is 5.98. The maximum absolute atomic E-state index is 10.2. The third-order valence-electron chi connectivity index (χ3n) is 4.05. The average molecular weight is 305 g/mol. The summed E-state index contributed by atoms with van der Waals surface area (Å²) < 4.78 is 10.7. The lowest BCUT2D eigenvalue weighted by Gasteiger charge is -2.05. The smallest absolute Gasteiger partial charge is 0.292 e. The summed E-state index contributed by atoms with van der Waals surface area (Å²) in [6.45, 7) is 2.02. The van der Waals surface area contributed by atoms with Gasteiger partial charge in [-0.2, -0.15) is 0 Å². The summed E-state index contributed by atoms with van der Waals surface area (Å²) in [7, 11) is 1.61. The van der Waals surface area contributed by atoms with Crippen molar-refractivity contribution in [1.82, 2.24) is 4.98 Å². The first-order valence-electron chi connectivity index (χ1n) is 7.33. The maximum atomic E-state index is 10.2. The molecule has 1 N–H and O–H groups in total. The molecule has 23 heavy (non-hydrogen) atoms. The minimum atomic E-state index is -0.131. The zero-order valence-electron chi connectivity index (χ0n) is 12.8. The van der Waals surface area contributed by atoms with Gasteiger partial charge in [0.25, 0.3) is 5.95 Å². The Morgan fingerprint density at radius 3 is 2.78 bits per heavy atom. The molecule has 0 atom stereocenters. The van der Waals surface area contributed by atoms with Crippen molar-refractivity contribution < 1.29 is 14.3 Å². The van der Waals surface area contributed by atoms with E-state index in [2.05, 4.69) is 0 Å². The van der Waals surface area contributed by atoms with Gasteiger partial charge in [0.1, 0.15) is 11.3 Å². The average Bonchev–Trinajstić information content (AvgIpc) is 2.90. The Kier molecular flexibility index (Phi) is 2.98. The van der Waals surface area contributed by atoms with E-state index in [1.54, 1.807) is 19.2 Å². The summed E-state index contributed by atoms with van der Waals surface area (Å²) in [6, 6.07) is 15.4. The van der Waals surface area contributed by atoms with Gasteiger partial charge in [-0.1, -0.05) is 24.3 Å². The van der Waals surface area contributed by atoms with Crippen LogP contribution in [-0.4, -0.2) is 17.2 Å². The molecule has 0 amide bonds. The Bertz CT molecular complexity index is 1030. The van der Waals surface area contributed by atoms with E-state index >= 15 is 0 Å². The molecule has 0 aliphatic rings. The van der Waals surface area contributed by atoms with Crippen LogP contribution in [-0.2, 0) is 0 Å². The highest BCUT2D eigenvalue weighted by atomic mass is 16.5. The number of para-hydroxylation sites is 1. The van der Waals surface area contributed by atoms with Crippen molar-refractivity contribution in [3.8, 4) is 23.0 Å². The molecule has 0 saturated carbocycles.